The highest BCUT2D eigenvalue weighted by atomic mass is 16.5. The second kappa shape index (κ2) is 12.0. The molecule has 0 fully saturated rings. The minimum absolute atomic E-state index is 0.107. The molecule has 0 aliphatic carbocycles. The molecule has 5 heteroatoms. The van der Waals surface area contributed by atoms with Gasteiger partial charge in [0.15, 0.2) is 6.61 Å². The predicted molar refractivity (Wildman–Crippen MR) is 120 cm³/mol. The van der Waals surface area contributed by atoms with Gasteiger partial charge in [0.2, 0.25) is 5.91 Å². The third-order valence-corrected chi connectivity index (χ3v) is 5.16. The first-order chi connectivity index (χ1) is 14.4. The summed E-state index contributed by atoms with van der Waals surface area (Å²) in [5.74, 6) is 0.292. The molecular weight excluding hydrogens is 376 g/mol. The van der Waals surface area contributed by atoms with Gasteiger partial charge in [0.05, 0.1) is 0 Å². The van der Waals surface area contributed by atoms with Crippen molar-refractivity contribution in [3.05, 3.63) is 65.2 Å². The molecule has 0 aliphatic rings. The molecule has 0 saturated heterocycles. The maximum atomic E-state index is 13.0. The molecule has 5 nitrogen and oxygen atoms in total. The maximum absolute atomic E-state index is 13.0. The quantitative estimate of drug-likeness (QED) is 0.563. The Labute approximate surface area is 180 Å². The first-order valence-corrected chi connectivity index (χ1v) is 10.8. The van der Waals surface area contributed by atoms with Crippen LogP contribution in [0.15, 0.2) is 48.5 Å². The SMILES string of the molecule is CCCCNC(=O)C(C)N(Cc1ccc(C)cc1)C(=O)COc1ccc(CC)cc1. The molecule has 30 heavy (non-hydrogen) atoms. The summed E-state index contributed by atoms with van der Waals surface area (Å²) in [4.78, 5) is 27.2. The van der Waals surface area contributed by atoms with Crippen molar-refractivity contribution in [3.63, 3.8) is 0 Å². The number of nitrogens with zero attached hydrogens (tertiary/aromatic N) is 1. The fourth-order valence-corrected chi connectivity index (χ4v) is 3.06. The number of rotatable bonds is 11. The van der Waals surface area contributed by atoms with E-state index in [2.05, 4.69) is 19.2 Å². The van der Waals surface area contributed by atoms with Crippen LogP contribution in [0, 0.1) is 6.92 Å². The van der Waals surface area contributed by atoms with Crippen LogP contribution in [0.4, 0.5) is 0 Å². The number of nitrogens with one attached hydrogen (secondary N) is 1. The number of hydrogen-bond donors (Lipinski definition) is 1. The predicted octanol–water partition coefficient (Wildman–Crippen LogP) is 4.27. The largest absolute Gasteiger partial charge is 0.484 e. The van der Waals surface area contributed by atoms with Crippen molar-refractivity contribution < 1.29 is 14.3 Å². The van der Waals surface area contributed by atoms with Crippen LogP contribution < -0.4 is 10.1 Å². The first-order valence-electron chi connectivity index (χ1n) is 10.8. The zero-order chi connectivity index (χ0) is 21.9. The smallest absolute Gasteiger partial charge is 0.261 e. The topological polar surface area (TPSA) is 58.6 Å². The number of ether oxygens (including phenoxy) is 1. The van der Waals surface area contributed by atoms with Gasteiger partial charge in [0.25, 0.3) is 5.91 Å². The second-order valence-corrected chi connectivity index (χ2v) is 7.61. The standard InChI is InChI=1S/C25H34N2O3/c1-5-7-16-26-25(29)20(4)27(17-22-10-8-19(3)9-11-22)24(28)18-30-23-14-12-21(6-2)13-15-23/h8-15,20H,5-7,16-18H2,1-4H3,(H,26,29). The number of unbranched alkanes of at least 4 members (excludes halogenated alkanes) is 1. The van der Waals surface area contributed by atoms with Crippen LogP contribution in [0.3, 0.4) is 0 Å². The number of carbonyl (C=O) groups is 2. The Morgan fingerprint density at radius 1 is 1.00 bits per heavy atom. The molecule has 0 spiro atoms. The Morgan fingerprint density at radius 2 is 1.63 bits per heavy atom. The van der Waals surface area contributed by atoms with E-state index in [0.717, 1.165) is 30.4 Å². The van der Waals surface area contributed by atoms with Crippen LogP contribution in [0.25, 0.3) is 0 Å². The normalized spacial score (nSPS) is 11.6. The van der Waals surface area contributed by atoms with Gasteiger partial charge in [-0.2, -0.15) is 0 Å². The van der Waals surface area contributed by atoms with Gasteiger partial charge in [-0.05, 0) is 49.9 Å². The molecule has 2 amide bonds. The van der Waals surface area contributed by atoms with Crippen molar-refractivity contribution in [1.29, 1.82) is 0 Å². The zero-order valence-corrected chi connectivity index (χ0v) is 18.6. The molecule has 0 bridgehead atoms. The Morgan fingerprint density at radius 3 is 2.23 bits per heavy atom. The molecule has 1 N–H and O–H groups in total. The van der Waals surface area contributed by atoms with E-state index in [0.29, 0.717) is 18.8 Å². The Kier molecular flexibility index (Phi) is 9.39. The number of hydrogen-bond acceptors (Lipinski definition) is 3. The fourth-order valence-electron chi connectivity index (χ4n) is 3.06. The van der Waals surface area contributed by atoms with E-state index in [9.17, 15) is 9.59 Å². The minimum Gasteiger partial charge on any atom is -0.484 e. The highest BCUT2D eigenvalue weighted by molar-refractivity contribution is 5.87. The average molecular weight is 411 g/mol. The van der Waals surface area contributed by atoms with Gasteiger partial charge < -0.3 is 15.0 Å². The lowest BCUT2D eigenvalue weighted by atomic mass is 10.1. The fraction of sp³-hybridized carbons (Fsp3) is 0.440. The van der Waals surface area contributed by atoms with E-state index in [1.54, 1.807) is 11.8 Å². The molecule has 2 aromatic carbocycles. The van der Waals surface area contributed by atoms with Crippen molar-refractivity contribution in [2.45, 2.75) is 59.5 Å². The van der Waals surface area contributed by atoms with Crippen LogP contribution in [0.5, 0.6) is 5.75 Å². The Balaban J connectivity index is 2.08. The number of carbonyl (C=O) groups excluding carboxylic acids is 2. The van der Waals surface area contributed by atoms with E-state index in [-0.39, 0.29) is 18.4 Å². The van der Waals surface area contributed by atoms with E-state index < -0.39 is 6.04 Å². The molecule has 2 rings (SSSR count). The van der Waals surface area contributed by atoms with E-state index in [1.165, 1.54) is 5.56 Å². The van der Waals surface area contributed by atoms with Crippen LogP contribution in [0.2, 0.25) is 0 Å². The van der Waals surface area contributed by atoms with Gasteiger partial charge >= 0.3 is 0 Å². The molecule has 0 radical (unpaired) electrons. The Bertz CT molecular complexity index is 800. The summed E-state index contributed by atoms with van der Waals surface area (Å²) in [5.41, 5.74) is 3.35. The summed E-state index contributed by atoms with van der Waals surface area (Å²) < 4.78 is 5.71. The van der Waals surface area contributed by atoms with Crippen molar-refractivity contribution in [3.8, 4) is 5.75 Å². The van der Waals surface area contributed by atoms with Crippen molar-refractivity contribution >= 4 is 11.8 Å². The molecular formula is C25H34N2O3. The van der Waals surface area contributed by atoms with Crippen LogP contribution in [-0.4, -0.2) is 35.9 Å². The number of amides is 2. The maximum Gasteiger partial charge on any atom is 0.261 e. The summed E-state index contributed by atoms with van der Waals surface area (Å²) in [5, 5.41) is 2.93. The third kappa shape index (κ3) is 7.21. The van der Waals surface area contributed by atoms with Gasteiger partial charge in [0.1, 0.15) is 11.8 Å². The Hall–Kier alpha value is -2.82. The third-order valence-electron chi connectivity index (χ3n) is 5.16. The molecule has 162 valence electrons. The molecule has 1 atom stereocenters. The van der Waals surface area contributed by atoms with Gasteiger partial charge in [-0.15, -0.1) is 0 Å². The molecule has 2 aromatic rings. The molecule has 0 saturated carbocycles. The summed E-state index contributed by atoms with van der Waals surface area (Å²) in [7, 11) is 0. The zero-order valence-electron chi connectivity index (χ0n) is 18.6. The molecule has 0 heterocycles. The minimum atomic E-state index is -0.582. The summed E-state index contributed by atoms with van der Waals surface area (Å²) in [6.07, 6.45) is 2.88. The van der Waals surface area contributed by atoms with Crippen molar-refractivity contribution in [2.75, 3.05) is 13.2 Å². The number of benzene rings is 2. The van der Waals surface area contributed by atoms with E-state index in [4.69, 9.17) is 4.74 Å². The first kappa shape index (κ1) is 23.5. The van der Waals surface area contributed by atoms with Gasteiger partial charge in [-0.3, -0.25) is 9.59 Å². The molecule has 0 aliphatic heterocycles. The van der Waals surface area contributed by atoms with Crippen LogP contribution >= 0.6 is 0 Å². The lowest BCUT2D eigenvalue weighted by Gasteiger charge is -2.28. The highest BCUT2D eigenvalue weighted by Gasteiger charge is 2.26. The lowest BCUT2D eigenvalue weighted by Crippen LogP contribution is -2.49. The molecule has 1 unspecified atom stereocenters. The number of aryl methyl sites for hydroxylation is 2. The molecule has 0 aromatic heterocycles. The van der Waals surface area contributed by atoms with Gasteiger partial charge in [0, 0.05) is 13.1 Å². The summed E-state index contributed by atoms with van der Waals surface area (Å²) in [6.45, 7) is 8.83. The summed E-state index contributed by atoms with van der Waals surface area (Å²) >= 11 is 0. The van der Waals surface area contributed by atoms with Gasteiger partial charge in [-0.25, -0.2) is 0 Å². The van der Waals surface area contributed by atoms with Crippen LogP contribution in [0.1, 0.15) is 50.3 Å². The van der Waals surface area contributed by atoms with Crippen LogP contribution in [-0.2, 0) is 22.6 Å². The van der Waals surface area contributed by atoms with Gasteiger partial charge in [-0.1, -0.05) is 62.2 Å². The highest BCUT2D eigenvalue weighted by Crippen LogP contribution is 2.15. The lowest BCUT2D eigenvalue weighted by molar-refractivity contribution is -0.142. The van der Waals surface area contributed by atoms with E-state index in [1.807, 2.05) is 55.5 Å². The average Bonchev–Trinajstić information content (AvgIpc) is 2.77. The monoisotopic (exact) mass is 410 g/mol. The van der Waals surface area contributed by atoms with Crippen molar-refractivity contribution in [2.24, 2.45) is 0 Å². The van der Waals surface area contributed by atoms with Crippen molar-refractivity contribution in [1.82, 2.24) is 10.2 Å². The summed E-state index contributed by atoms with van der Waals surface area (Å²) in [6, 6.07) is 15.1. The van der Waals surface area contributed by atoms with E-state index >= 15 is 0 Å². The second-order valence-electron chi connectivity index (χ2n) is 7.61.